The minimum absolute atomic E-state index is 0. The molecule has 10 heteroatoms. The van der Waals surface area contributed by atoms with Crippen LogP contribution in [0.15, 0.2) is 83.8 Å². The zero-order chi connectivity index (χ0) is 25.5. The number of nitrogens with one attached hydrogen (secondary N) is 2. The van der Waals surface area contributed by atoms with Gasteiger partial charge in [-0.2, -0.15) is 11.8 Å². The van der Waals surface area contributed by atoms with Gasteiger partial charge in [0.1, 0.15) is 0 Å². The molecule has 4 rings (SSSR count). The second-order valence-electron chi connectivity index (χ2n) is 8.32. The van der Waals surface area contributed by atoms with Gasteiger partial charge in [-0.3, -0.25) is 4.79 Å². The average molecular weight is 528 g/mol. The van der Waals surface area contributed by atoms with E-state index in [1.165, 1.54) is 12.1 Å². The van der Waals surface area contributed by atoms with Gasteiger partial charge < -0.3 is 15.3 Å². The van der Waals surface area contributed by atoms with Crippen molar-refractivity contribution in [2.45, 2.75) is 17.4 Å². The highest BCUT2D eigenvalue weighted by molar-refractivity contribution is 7.99. The smallest absolute Gasteiger partial charge is 0.321 e. The number of hydrogen-bond acceptors (Lipinski definition) is 5. The van der Waals surface area contributed by atoms with Crippen LogP contribution in [0.25, 0.3) is 11.1 Å². The number of benzene rings is 3. The van der Waals surface area contributed by atoms with E-state index in [0.717, 1.165) is 35.7 Å². The van der Waals surface area contributed by atoms with Crippen LogP contribution in [0.3, 0.4) is 0 Å². The molecule has 0 aromatic heterocycles. The fraction of sp³-hybridized carbons (Fsp3) is 0.231. The van der Waals surface area contributed by atoms with Gasteiger partial charge in [0.05, 0.1) is 17.4 Å². The summed E-state index contributed by atoms with van der Waals surface area (Å²) in [6.45, 7) is 1.44. The zero-order valence-electron chi connectivity index (χ0n) is 19.5. The lowest BCUT2D eigenvalue weighted by molar-refractivity contribution is -0.137. The molecule has 1 aliphatic rings. The molecule has 0 bridgehead atoms. The van der Waals surface area contributed by atoms with Crippen LogP contribution in [0.1, 0.15) is 19.5 Å². The summed E-state index contributed by atoms with van der Waals surface area (Å²) in [5, 5.41) is 12.2. The monoisotopic (exact) mass is 527 g/mol. The molecule has 1 fully saturated rings. The van der Waals surface area contributed by atoms with Crippen LogP contribution in [0.5, 0.6) is 0 Å². The number of anilines is 1. The number of sulfonamides is 1. The molecular formula is C26H29N3O5S2. The summed E-state index contributed by atoms with van der Waals surface area (Å²) in [5.74, 6) is 0.757. The maximum absolute atomic E-state index is 13.0. The molecule has 1 atom stereocenters. The van der Waals surface area contributed by atoms with E-state index in [1.54, 1.807) is 47.4 Å². The molecule has 8 nitrogen and oxygen atoms in total. The summed E-state index contributed by atoms with van der Waals surface area (Å²) in [7, 11) is -3.97. The van der Waals surface area contributed by atoms with Crippen LogP contribution in [0, 0.1) is 0 Å². The van der Waals surface area contributed by atoms with Gasteiger partial charge in [-0.15, -0.1) is 0 Å². The lowest BCUT2D eigenvalue weighted by atomic mass is 10.1. The molecule has 0 aliphatic carbocycles. The van der Waals surface area contributed by atoms with Gasteiger partial charge in [0.2, 0.25) is 10.0 Å². The first-order chi connectivity index (χ1) is 17.3. The number of hydrogen-bond donors (Lipinski definition) is 3. The molecule has 0 radical (unpaired) electrons. The van der Waals surface area contributed by atoms with E-state index in [1.807, 2.05) is 36.0 Å². The van der Waals surface area contributed by atoms with Crippen LogP contribution in [0.4, 0.5) is 10.5 Å². The second-order valence-corrected chi connectivity index (χ2v) is 11.3. The standard InChI is InChI=1S/C26H27N3O5S2.H2/c30-25(31)18-24(20-5-2-1-3-6-20)28-36(33,34)23-11-9-19(10-12-23)21-7-4-8-22(17-21)27-26(32)29-13-15-35-16-14-29;/h1-12,17,24,28H,13-16,18H2,(H,27,32)(H,30,31);1H. The van der Waals surface area contributed by atoms with Gasteiger partial charge in [0.15, 0.2) is 0 Å². The molecule has 2 amide bonds. The van der Waals surface area contributed by atoms with E-state index in [4.69, 9.17) is 0 Å². The van der Waals surface area contributed by atoms with Crippen molar-refractivity contribution in [2.75, 3.05) is 29.9 Å². The van der Waals surface area contributed by atoms with Crippen molar-refractivity contribution in [3.05, 3.63) is 84.4 Å². The van der Waals surface area contributed by atoms with Crippen LogP contribution < -0.4 is 10.0 Å². The highest BCUT2D eigenvalue weighted by Gasteiger charge is 2.24. The van der Waals surface area contributed by atoms with E-state index in [0.29, 0.717) is 11.3 Å². The van der Waals surface area contributed by atoms with Crippen molar-refractivity contribution in [2.24, 2.45) is 0 Å². The fourth-order valence-electron chi connectivity index (χ4n) is 3.91. The Hall–Kier alpha value is -3.34. The molecule has 0 spiro atoms. The van der Waals surface area contributed by atoms with Crippen molar-refractivity contribution in [1.29, 1.82) is 0 Å². The largest absolute Gasteiger partial charge is 0.481 e. The Labute approximate surface area is 216 Å². The Morgan fingerprint density at radius 3 is 2.31 bits per heavy atom. The lowest BCUT2D eigenvalue weighted by Crippen LogP contribution is -2.40. The second kappa shape index (κ2) is 11.6. The van der Waals surface area contributed by atoms with Gasteiger partial charge >= 0.3 is 12.0 Å². The Morgan fingerprint density at radius 2 is 1.64 bits per heavy atom. The normalized spacial score (nSPS) is 14.7. The third kappa shape index (κ3) is 6.66. The van der Waals surface area contributed by atoms with Crippen molar-refractivity contribution >= 4 is 39.5 Å². The topological polar surface area (TPSA) is 116 Å². The number of thioether (sulfide) groups is 1. The van der Waals surface area contributed by atoms with Crippen molar-refractivity contribution in [1.82, 2.24) is 9.62 Å². The Bertz CT molecular complexity index is 1320. The number of carboxylic acids is 1. The first-order valence-electron chi connectivity index (χ1n) is 11.4. The van der Waals surface area contributed by atoms with Gasteiger partial charge in [0, 0.05) is 31.7 Å². The van der Waals surface area contributed by atoms with Gasteiger partial charge in [0.25, 0.3) is 0 Å². The van der Waals surface area contributed by atoms with Gasteiger partial charge in [-0.25, -0.2) is 17.9 Å². The van der Waals surface area contributed by atoms with Crippen molar-refractivity contribution < 1.29 is 24.5 Å². The number of urea groups is 1. The third-order valence-electron chi connectivity index (χ3n) is 5.79. The summed E-state index contributed by atoms with van der Waals surface area (Å²) < 4.78 is 28.5. The minimum atomic E-state index is -3.97. The Morgan fingerprint density at radius 1 is 0.944 bits per heavy atom. The summed E-state index contributed by atoms with van der Waals surface area (Å²) in [6, 6.07) is 21.3. The average Bonchev–Trinajstić information content (AvgIpc) is 2.89. The molecule has 3 N–H and O–H groups in total. The quantitative estimate of drug-likeness (QED) is 0.392. The number of amides is 2. The number of carbonyl (C=O) groups excluding carboxylic acids is 1. The predicted octanol–water partition coefficient (Wildman–Crippen LogP) is 4.67. The molecule has 1 aliphatic heterocycles. The Balaban J connectivity index is 0.00000380. The maximum atomic E-state index is 13.0. The minimum Gasteiger partial charge on any atom is -0.481 e. The number of nitrogens with zero attached hydrogens (tertiary/aromatic N) is 1. The van der Waals surface area contributed by atoms with E-state index in [-0.39, 0.29) is 18.8 Å². The number of aliphatic carboxylic acids is 1. The molecular weight excluding hydrogens is 498 g/mol. The van der Waals surface area contributed by atoms with Crippen molar-refractivity contribution in [3.63, 3.8) is 0 Å². The summed E-state index contributed by atoms with van der Waals surface area (Å²) in [6.07, 6.45) is -0.379. The maximum Gasteiger partial charge on any atom is 0.321 e. The van der Waals surface area contributed by atoms with Gasteiger partial charge in [-0.1, -0.05) is 54.6 Å². The molecule has 1 heterocycles. The summed E-state index contributed by atoms with van der Waals surface area (Å²) in [4.78, 5) is 25.7. The van der Waals surface area contributed by atoms with Crippen LogP contribution in [0.2, 0.25) is 0 Å². The predicted molar refractivity (Wildman–Crippen MR) is 144 cm³/mol. The van der Waals surface area contributed by atoms with Crippen LogP contribution in [-0.4, -0.2) is 55.0 Å². The van der Waals surface area contributed by atoms with E-state index in [2.05, 4.69) is 10.0 Å². The lowest BCUT2D eigenvalue weighted by Gasteiger charge is -2.26. The van der Waals surface area contributed by atoms with Gasteiger partial charge in [-0.05, 0) is 41.0 Å². The molecule has 3 aromatic rings. The van der Waals surface area contributed by atoms with E-state index >= 15 is 0 Å². The highest BCUT2D eigenvalue weighted by atomic mass is 32.2. The first-order valence-corrected chi connectivity index (χ1v) is 14.1. The molecule has 36 heavy (non-hydrogen) atoms. The summed E-state index contributed by atoms with van der Waals surface area (Å²) >= 11 is 1.83. The van der Waals surface area contributed by atoms with E-state index in [9.17, 15) is 23.1 Å². The van der Waals surface area contributed by atoms with E-state index < -0.39 is 22.0 Å². The fourth-order valence-corrected chi connectivity index (χ4v) is 6.04. The molecule has 1 saturated heterocycles. The van der Waals surface area contributed by atoms with Crippen LogP contribution in [-0.2, 0) is 14.8 Å². The van der Waals surface area contributed by atoms with Crippen molar-refractivity contribution in [3.8, 4) is 11.1 Å². The number of carbonyl (C=O) groups is 2. The molecule has 3 aromatic carbocycles. The SMILES string of the molecule is O=C(O)CC(NS(=O)(=O)c1ccc(-c2cccc(NC(=O)N3CCSCC3)c2)cc1)c1ccccc1.[HH]. The zero-order valence-corrected chi connectivity index (χ0v) is 21.1. The highest BCUT2D eigenvalue weighted by Crippen LogP contribution is 2.26. The van der Waals surface area contributed by atoms with Crippen LogP contribution >= 0.6 is 11.8 Å². The molecule has 190 valence electrons. The third-order valence-corrected chi connectivity index (χ3v) is 8.22. The number of rotatable bonds is 8. The molecule has 0 saturated carbocycles. The molecule has 1 unspecified atom stereocenters. The first kappa shape index (κ1) is 25.7. The summed E-state index contributed by atoms with van der Waals surface area (Å²) in [5.41, 5.74) is 2.84. The Kier molecular flexibility index (Phi) is 8.29. The number of carboxylic acid groups (broad SMARTS) is 1.